The van der Waals surface area contributed by atoms with Crippen molar-refractivity contribution in [1.29, 1.82) is 0 Å². The summed E-state index contributed by atoms with van der Waals surface area (Å²) in [5, 5.41) is 0. The van der Waals surface area contributed by atoms with Crippen molar-refractivity contribution in [2.75, 3.05) is 23.7 Å². The summed E-state index contributed by atoms with van der Waals surface area (Å²) in [6, 6.07) is 8.54. The Bertz CT molecular complexity index is 761. The van der Waals surface area contributed by atoms with Crippen LogP contribution in [0.25, 0.3) is 0 Å². The SMILES string of the molecule is Cc1ccc(Br)cc1S(=O)(=O)Nc1cccnc1N(C)C. The first-order chi connectivity index (χ1) is 9.81. The summed E-state index contributed by atoms with van der Waals surface area (Å²) in [4.78, 5) is 6.18. The highest BCUT2D eigenvalue weighted by Crippen LogP contribution is 2.26. The first-order valence-corrected chi connectivity index (χ1v) is 8.50. The third-order valence-electron chi connectivity index (χ3n) is 2.89. The first kappa shape index (κ1) is 15.8. The molecule has 0 bridgehead atoms. The molecule has 1 aromatic carbocycles. The van der Waals surface area contributed by atoms with E-state index in [0.29, 0.717) is 21.5 Å². The van der Waals surface area contributed by atoms with Gasteiger partial charge in [0, 0.05) is 24.8 Å². The molecule has 112 valence electrons. The zero-order chi connectivity index (χ0) is 15.6. The molecule has 1 heterocycles. The molecule has 0 amide bonds. The Kier molecular flexibility index (Phi) is 4.53. The standard InChI is InChI=1S/C14H16BrN3O2S/c1-10-6-7-11(15)9-13(10)21(19,20)17-12-5-4-8-16-14(12)18(2)3/h4-9,17H,1-3H3. The van der Waals surface area contributed by atoms with E-state index in [0.717, 1.165) is 0 Å². The minimum atomic E-state index is -3.67. The maximum Gasteiger partial charge on any atom is 0.262 e. The van der Waals surface area contributed by atoms with Gasteiger partial charge >= 0.3 is 0 Å². The van der Waals surface area contributed by atoms with Gasteiger partial charge in [0.15, 0.2) is 5.82 Å². The van der Waals surface area contributed by atoms with Crippen LogP contribution >= 0.6 is 15.9 Å². The van der Waals surface area contributed by atoms with Crippen molar-refractivity contribution in [3.8, 4) is 0 Å². The summed E-state index contributed by atoms with van der Waals surface area (Å²) in [6.45, 7) is 1.76. The second-order valence-electron chi connectivity index (χ2n) is 4.78. The molecule has 0 spiro atoms. The van der Waals surface area contributed by atoms with Gasteiger partial charge in [0.05, 0.1) is 10.6 Å². The summed E-state index contributed by atoms with van der Waals surface area (Å²) in [5.41, 5.74) is 1.13. The van der Waals surface area contributed by atoms with Crippen LogP contribution in [0.1, 0.15) is 5.56 Å². The van der Waals surface area contributed by atoms with E-state index in [9.17, 15) is 8.42 Å². The first-order valence-electron chi connectivity index (χ1n) is 6.22. The highest BCUT2D eigenvalue weighted by atomic mass is 79.9. The van der Waals surface area contributed by atoms with Crippen molar-refractivity contribution in [2.45, 2.75) is 11.8 Å². The topological polar surface area (TPSA) is 62.3 Å². The fraction of sp³-hybridized carbons (Fsp3) is 0.214. The molecule has 0 unspecified atom stereocenters. The number of halogens is 1. The molecule has 0 aliphatic heterocycles. The minimum Gasteiger partial charge on any atom is -0.361 e. The molecular formula is C14H16BrN3O2S. The quantitative estimate of drug-likeness (QED) is 0.899. The van der Waals surface area contributed by atoms with Crippen LogP contribution in [0.5, 0.6) is 0 Å². The van der Waals surface area contributed by atoms with Gasteiger partial charge < -0.3 is 4.90 Å². The minimum absolute atomic E-state index is 0.241. The lowest BCUT2D eigenvalue weighted by molar-refractivity contribution is 0.600. The van der Waals surface area contributed by atoms with E-state index in [-0.39, 0.29) is 4.90 Å². The van der Waals surface area contributed by atoms with Crippen molar-refractivity contribution >= 4 is 37.5 Å². The number of aryl methyl sites for hydroxylation is 1. The molecule has 0 saturated carbocycles. The predicted octanol–water partition coefficient (Wildman–Crippen LogP) is 3.02. The third-order valence-corrected chi connectivity index (χ3v) is 4.90. The molecule has 2 rings (SSSR count). The van der Waals surface area contributed by atoms with Gasteiger partial charge in [-0.25, -0.2) is 13.4 Å². The number of pyridine rings is 1. The second kappa shape index (κ2) is 6.03. The number of rotatable bonds is 4. The van der Waals surface area contributed by atoms with Crippen molar-refractivity contribution in [3.05, 3.63) is 46.6 Å². The van der Waals surface area contributed by atoms with Gasteiger partial charge in [0.1, 0.15) is 0 Å². The smallest absolute Gasteiger partial charge is 0.262 e. The van der Waals surface area contributed by atoms with E-state index in [4.69, 9.17) is 0 Å². The number of hydrogen-bond acceptors (Lipinski definition) is 4. The Balaban J connectivity index is 2.45. The zero-order valence-electron chi connectivity index (χ0n) is 12.0. The van der Waals surface area contributed by atoms with Crippen molar-refractivity contribution < 1.29 is 8.42 Å². The molecule has 0 aliphatic rings. The Morgan fingerprint density at radius 1 is 1.24 bits per heavy atom. The van der Waals surface area contributed by atoms with Gasteiger partial charge in [-0.1, -0.05) is 22.0 Å². The van der Waals surface area contributed by atoms with E-state index >= 15 is 0 Å². The molecule has 1 aromatic heterocycles. The van der Waals surface area contributed by atoms with Crippen molar-refractivity contribution in [2.24, 2.45) is 0 Å². The predicted molar refractivity (Wildman–Crippen MR) is 88.3 cm³/mol. The van der Waals surface area contributed by atoms with E-state index in [1.165, 1.54) is 0 Å². The average Bonchev–Trinajstić information content (AvgIpc) is 2.41. The van der Waals surface area contributed by atoms with Crippen LogP contribution in [0.15, 0.2) is 45.9 Å². The van der Waals surface area contributed by atoms with Crippen LogP contribution in [0.4, 0.5) is 11.5 Å². The number of aromatic nitrogens is 1. The van der Waals surface area contributed by atoms with E-state index < -0.39 is 10.0 Å². The van der Waals surface area contributed by atoms with Gasteiger partial charge in [-0.2, -0.15) is 0 Å². The molecular weight excluding hydrogens is 354 g/mol. The van der Waals surface area contributed by atoms with Crippen LogP contribution < -0.4 is 9.62 Å². The highest BCUT2D eigenvalue weighted by Gasteiger charge is 2.19. The number of nitrogens with one attached hydrogen (secondary N) is 1. The summed E-state index contributed by atoms with van der Waals surface area (Å²) in [5.74, 6) is 0.564. The van der Waals surface area contributed by atoms with Crippen molar-refractivity contribution in [1.82, 2.24) is 4.98 Å². The maximum atomic E-state index is 12.6. The Hall–Kier alpha value is -1.60. The van der Waals surface area contributed by atoms with Crippen LogP contribution in [0.3, 0.4) is 0 Å². The lowest BCUT2D eigenvalue weighted by Crippen LogP contribution is -2.18. The van der Waals surface area contributed by atoms with E-state index in [2.05, 4.69) is 25.6 Å². The van der Waals surface area contributed by atoms with E-state index in [1.54, 1.807) is 42.3 Å². The van der Waals surface area contributed by atoms with Gasteiger partial charge in [0.25, 0.3) is 10.0 Å². The Labute approximate surface area is 133 Å². The fourth-order valence-electron chi connectivity index (χ4n) is 1.90. The van der Waals surface area contributed by atoms with Crippen LogP contribution in [0, 0.1) is 6.92 Å². The second-order valence-corrected chi connectivity index (χ2v) is 7.35. The maximum absolute atomic E-state index is 12.6. The number of benzene rings is 1. The Morgan fingerprint density at radius 3 is 2.62 bits per heavy atom. The monoisotopic (exact) mass is 369 g/mol. The highest BCUT2D eigenvalue weighted by molar-refractivity contribution is 9.10. The fourth-order valence-corrected chi connectivity index (χ4v) is 3.74. The molecule has 5 nitrogen and oxygen atoms in total. The molecule has 0 radical (unpaired) electrons. The largest absolute Gasteiger partial charge is 0.361 e. The van der Waals surface area contributed by atoms with Crippen LogP contribution in [0.2, 0.25) is 0 Å². The summed E-state index contributed by atoms with van der Waals surface area (Å²) < 4.78 is 28.5. The van der Waals surface area contributed by atoms with E-state index in [1.807, 2.05) is 20.2 Å². The van der Waals surface area contributed by atoms with Crippen LogP contribution in [-0.2, 0) is 10.0 Å². The lowest BCUT2D eigenvalue weighted by atomic mass is 10.2. The third kappa shape index (κ3) is 3.54. The molecule has 2 aromatic rings. The molecule has 1 N–H and O–H groups in total. The van der Waals surface area contributed by atoms with Gasteiger partial charge in [0.2, 0.25) is 0 Å². The van der Waals surface area contributed by atoms with Crippen molar-refractivity contribution in [3.63, 3.8) is 0 Å². The molecule has 0 atom stereocenters. The number of hydrogen-bond donors (Lipinski definition) is 1. The lowest BCUT2D eigenvalue weighted by Gasteiger charge is -2.17. The summed E-state index contributed by atoms with van der Waals surface area (Å²) in [6.07, 6.45) is 1.62. The zero-order valence-corrected chi connectivity index (χ0v) is 14.4. The van der Waals surface area contributed by atoms with Gasteiger partial charge in [-0.05, 0) is 36.8 Å². The van der Waals surface area contributed by atoms with Gasteiger partial charge in [-0.15, -0.1) is 0 Å². The molecule has 7 heteroatoms. The molecule has 0 saturated heterocycles. The normalized spacial score (nSPS) is 11.2. The molecule has 0 aliphatic carbocycles. The summed E-state index contributed by atoms with van der Waals surface area (Å²) in [7, 11) is -0.0492. The van der Waals surface area contributed by atoms with Crippen LogP contribution in [-0.4, -0.2) is 27.5 Å². The molecule has 0 fully saturated rings. The van der Waals surface area contributed by atoms with Gasteiger partial charge in [-0.3, -0.25) is 4.72 Å². The Morgan fingerprint density at radius 2 is 1.95 bits per heavy atom. The molecule has 21 heavy (non-hydrogen) atoms. The summed E-state index contributed by atoms with van der Waals surface area (Å²) >= 11 is 3.30. The number of nitrogens with zero attached hydrogens (tertiary/aromatic N) is 2. The average molecular weight is 370 g/mol. The number of sulfonamides is 1. The number of anilines is 2.